The van der Waals surface area contributed by atoms with E-state index in [0.29, 0.717) is 17.0 Å². The first-order chi connectivity index (χ1) is 21.3. The van der Waals surface area contributed by atoms with Crippen molar-refractivity contribution < 1.29 is 28.1 Å². The predicted octanol–water partition coefficient (Wildman–Crippen LogP) is 3.40. The van der Waals surface area contributed by atoms with Crippen molar-refractivity contribution in [2.45, 2.75) is 70.5 Å². The number of nitriles is 1. The number of halogens is 1. The Kier molecular flexibility index (Phi) is 8.47. The highest BCUT2D eigenvalue weighted by Gasteiger charge is 2.56. The predicted molar refractivity (Wildman–Crippen MR) is 161 cm³/mol. The number of nitrogens with zero attached hydrogens (tertiary/aromatic N) is 3. The molecule has 2 aliphatic heterocycles. The number of amides is 4. The van der Waals surface area contributed by atoms with Crippen LogP contribution in [0.15, 0.2) is 59.1 Å². The van der Waals surface area contributed by atoms with Gasteiger partial charge in [-0.15, -0.1) is 0 Å². The first-order valence-electron chi connectivity index (χ1n) is 14.7. The maximum absolute atomic E-state index is 14.2. The zero-order valence-corrected chi connectivity index (χ0v) is 25.5. The number of benzene rings is 2. The Morgan fingerprint density at radius 1 is 1.16 bits per heavy atom. The van der Waals surface area contributed by atoms with Crippen LogP contribution in [0.4, 0.5) is 10.1 Å². The molecule has 11 nitrogen and oxygen atoms in total. The molecule has 2 aromatic carbocycles. The largest absolute Gasteiger partial charge is 0.361 e. The number of nitrogens with one attached hydrogen (secondary N) is 3. The Morgan fingerprint density at radius 2 is 1.87 bits per heavy atom. The number of para-hydroxylation sites is 1. The standard InChI is InChI=1S/C33H35FN6O5/c1-19-13-26(39-45-19)29(42)36-25(14-20-9-11-21(34)12-10-20)28(41)37-27(16-32(2,3)4)30(43)40-18-33(15-22(40)17-35)23-7-5-6-8-24(23)38-31(33)44/h5-13,22,25,27H,14-16,18H2,1-4H3,(H,36,42)(H,37,41)(H,38,44)/t22-,25?,27-,33-/m0/s1. The molecule has 3 aromatic rings. The van der Waals surface area contributed by atoms with E-state index >= 15 is 0 Å². The van der Waals surface area contributed by atoms with Crippen molar-refractivity contribution in [2.75, 3.05) is 11.9 Å². The van der Waals surface area contributed by atoms with Gasteiger partial charge in [0.15, 0.2) is 5.69 Å². The van der Waals surface area contributed by atoms with Gasteiger partial charge in [-0.05, 0) is 48.1 Å². The normalized spacial score (nSPS) is 20.2. The molecular formula is C33H35FN6O5. The van der Waals surface area contributed by atoms with Gasteiger partial charge in [0, 0.05) is 31.1 Å². The Bertz CT molecular complexity index is 1670. The van der Waals surface area contributed by atoms with Crippen molar-refractivity contribution in [3.8, 4) is 6.07 Å². The topological polar surface area (TPSA) is 157 Å². The molecule has 0 aliphatic carbocycles. The van der Waals surface area contributed by atoms with Gasteiger partial charge in [0.25, 0.3) is 5.91 Å². The second-order valence-corrected chi connectivity index (χ2v) is 12.9. The summed E-state index contributed by atoms with van der Waals surface area (Å²) in [4.78, 5) is 55.8. The van der Waals surface area contributed by atoms with E-state index in [1.807, 2.05) is 32.9 Å². The number of aryl methyl sites for hydroxylation is 1. The fourth-order valence-electron chi connectivity index (χ4n) is 6.04. The summed E-state index contributed by atoms with van der Waals surface area (Å²) >= 11 is 0. The first-order valence-corrected chi connectivity index (χ1v) is 14.7. The minimum absolute atomic E-state index is 0.00425. The molecule has 2 aliphatic rings. The third-order valence-electron chi connectivity index (χ3n) is 8.18. The first kappa shape index (κ1) is 31.4. The lowest BCUT2D eigenvalue weighted by molar-refractivity contribution is -0.138. The molecule has 0 saturated carbocycles. The summed E-state index contributed by atoms with van der Waals surface area (Å²) in [7, 11) is 0. The fraction of sp³-hybridized carbons (Fsp3) is 0.394. The van der Waals surface area contributed by atoms with Gasteiger partial charge in [-0.2, -0.15) is 5.26 Å². The molecule has 3 heterocycles. The van der Waals surface area contributed by atoms with Gasteiger partial charge in [0.05, 0.1) is 11.5 Å². The van der Waals surface area contributed by atoms with E-state index in [1.165, 1.54) is 35.2 Å². The molecule has 4 atom stereocenters. The highest BCUT2D eigenvalue weighted by Crippen LogP contribution is 2.46. The quantitative estimate of drug-likeness (QED) is 0.351. The van der Waals surface area contributed by atoms with Crippen LogP contribution in [0.1, 0.15) is 61.0 Å². The minimum atomic E-state index is -1.17. The molecule has 45 heavy (non-hydrogen) atoms. The van der Waals surface area contributed by atoms with E-state index in [4.69, 9.17) is 4.52 Å². The molecule has 0 radical (unpaired) electrons. The van der Waals surface area contributed by atoms with Crippen molar-refractivity contribution >= 4 is 29.3 Å². The molecule has 5 rings (SSSR count). The van der Waals surface area contributed by atoms with Crippen molar-refractivity contribution in [1.82, 2.24) is 20.7 Å². The molecule has 1 unspecified atom stereocenters. The average Bonchev–Trinajstić information content (AvgIpc) is 3.68. The van der Waals surface area contributed by atoms with E-state index in [1.54, 1.807) is 19.1 Å². The van der Waals surface area contributed by atoms with E-state index in [2.05, 4.69) is 27.2 Å². The summed E-state index contributed by atoms with van der Waals surface area (Å²) in [6.45, 7) is 7.35. The monoisotopic (exact) mass is 614 g/mol. The summed E-state index contributed by atoms with van der Waals surface area (Å²) in [5.74, 6) is -2.14. The zero-order valence-electron chi connectivity index (χ0n) is 25.5. The Labute approximate surface area is 260 Å². The lowest BCUT2D eigenvalue weighted by Crippen LogP contribution is -2.56. The molecule has 234 valence electrons. The highest BCUT2D eigenvalue weighted by molar-refractivity contribution is 6.07. The zero-order chi connectivity index (χ0) is 32.5. The van der Waals surface area contributed by atoms with Crippen LogP contribution in [0.3, 0.4) is 0 Å². The molecule has 0 bridgehead atoms. The molecule has 1 aromatic heterocycles. The van der Waals surface area contributed by atoms with Gasteiger partial charge in [-0.1, -0.05) is 56.3 Å². The summed E-state index contributed by atoms with van der Waals surface area (Å²) in [6, 6.07) is 13.2. The molecule has 3 N–H and O–H groups in total. The number of carbonyl (C=O) groups excluding carboxylic acids is 4. The van der Waals surface area contributed by atoms with Gasteiger partial charge >= 0.3 is 0 Å². The molecule has 1 spiro atoms. The van der Waals surface area contributed by atoms with Crippen molar-refractivity contribution in [3.05, 3.63) is 83.0 Å². The maximum Gasteiger partial charge on any atom is 0.274 e. The van der Waals surface area contributed by atoms with Crippen LogP contribution in [0.25, 0.3) is 0 Å². The van der Waals surface area contributed by atoms with Crippen molar-refractivity contribution in [2.24, 2.45) is 5.41 Å². The SMILES string of the molecule is Cc1cc(C(=O)NC(Cc2ccc(F)cc2)C(=O)N[C@@H](CC(C)(C)C)C(=O)N2C[C@]3(C[C@H]2C#N)C(=O)Nc2ccccc23)no1. The van der Waals surface area contributed by atoms with Gasteiger partial charge in [-0.3, -0.25) is 19.2 Å². The fourth-order valence-corrected chi connectivity index (χ4v) is 6.04. The van der Waals surface area contributed by atoms with E-state index in [0.717, 1.165) is 5.56 Å². The van der Waals surface area contributed by atoms with E-state index in [-0.39, 0.29) is 37.4 Å². The maximum atomic E-state index is 14.2. The number of aromatic nitrogens is 1. The summed E-state index contributed by atoms with van der Waals surface area (Å²) in [6.07, 6.45) is 0.325. The van der Waals surface area contributed by atoms with Crippen molar-refractivity contribution in [1.29, 1.82) is 5.26 Å². The Hall–Kier alpha value is -5.05. The molecule has 1 saturated heterocycles. The second-order valence-electron chi connectivity index (χ2n) is 12.9. The lowest BCUT2D eigenvalue weighted by atomic mass is 9.80. The summed E-state index contributed by atoms with van der Waals surface area (Å²) in [5.41, 5.74) is 0.405. The van der Waals surface area contributed by atoms with Crippen LogP contribution in [-0.2, 0) is 26.2 Å². The number of rotatable bonds is 8. The van der Waals surface area contributed by atoms with Gasteiger partial charge in [0.1, 0.15) is 29.7 Å². The van der Waals surface area contributed by atoms with Gasteiger partial charge in [0.2, 0.25) is 17.7 Å². The van der Waals surface area contributed by atoms with Crippen molar-refractivity contribution in [3.63, 3.8) is 0 Å². The average molecular weight is 615 g/mol. The molecule has 4 amide bonds. The van der Waals surface area contributed by atoms with Gasteiger partial charge in [-0.25, -0.2) is 4.39 Å². The molecular weight excluding hydrogens is 579 g/mol. The minimum Gasteiger partial charge on any atom is -0.361 e. The van der Waals surface area contributed by atoms with E-state index in [9.17, 15) is 28.8 Å². The number of fused-ring (bicyclic) bond motifs is 2. The van der Waals surface area contributed by atoms with Crippen LogP contribution in [0.5, 0.6) is 0 Å². The summed E-state index contributed by atoms with van der Waals surface area (Å²) < 4.78 is 18.6. The number of carbonyl (C=O) groups is 4. The van der Waals surface area contributed by atoms with Crippen LogP contribution in [-0.4, -0.2) is 58.4 Å². The van der Waals surface area contributed by atoms with Gasteiger partial charge < -0.3 is 25.4 Å². The Balaban J connectivity index is 1.42. The number of anilines is 1. The third-order valence-corrected chi connectivity index (χ3v) is 8.18. The highest BCUT2D eigenvalue weighted by atomic mass is 19.1. The lowest BCUT2D eigenvalue weighted by Gasteiger charge is -2.32. The second kappa shape index (κ2) is 12.1. The van der Waals surface area contributed by atoms with E-state index < -0.39 is 52.5 Å². The van der Waals surface area contributed by atoms with Crippen LogP contribution in [0.2, 0.25) is 0 Å². The van der Waals surface area contributed by atoms with Crippen LogP contribution < -0.4 is 16.0 Å². The van der Waals surface area contributed by atoms with Crippen LogP contribution >= 0.6 is 0 Å². The smallest absolute Gasteiger partial charge is 0.274 e. The summed E-state index contributed by atoms with van der Waals surface area (Å²) in [5, 5.41) is 22.2. The number of hydrogen-bond donors (Lipinski definition) is 3. The molecule has 12 heteroatoms. The Morgan fingerprint density at radius 3 is 2.51 bits per heavy atom. The third kappa shape index (κ3) is 6.57. The molecule has 1 fully saturated rings. The number of hydrogen-bond acceptors (Lipinski definition) is 7. The number of likely N-dealkylation sites (tertiary alicyclic amines) is 1. The van der Waals surface area contributed by atoms with Crippen LogP contribution in [0, 0.1) is 29.5 Å².